The fourth-order valence-corrected chi connectivity index (χ4v) is 3.22. The minimum absolute atomic E-state index is 0.290. The molecular weight excluding hydrogens is 248 g/mol. The van der Waals surface area contributed by atoms with Gasteiger partial charge >= 0.3 is 0 Å². The lowest BCUT2D eigenvalue weighted by Crippen LogP contribution is -2.47. The van der Waals surface area contributed by atoms with Gasteiger partial charge in [-0.1, -0.05) is 30.3 Å². The van der Waals surface area contributed by atoms with Crippen molar-refractivity contribution in [3.63, 3.8) is 0 Å². The predicted octanol–water partition coefficient (Wildman–Crippen LogP) is 2.18. The molecule has 1 aliphatic rings. The standard InChI is InChI=1S/C17H28N2O/c1-18-13-17(10-6-12-20-15-17)14-19(2)11-9-16-7-4-3-5-8-16/h3-5,7-8,18H,6,9-15H2,1-2H3. The van der Waals surface area contributed by atoms with E-state index >= 15 is 0 Å². The van der Waals surface area contributed by atoms with Crippen LogP contribution < -0.4 is 5.32 Å². The van der Waals surface area contributed by atoms with Crippen LogP contribution in [0.15, 0.2) is 30.3 Å². The van der Waals surface area contributed by atoms with E-state index in [0.29, 0.717) is 5.41 Å². The van der Waals surface area contributed by atoms with Gasteiger partial charge in [-0.3, -0.25) is 0 Å². The third-order valence-electron chi connectivity index (χ3n) is 4.19. The minimum Gasteiger partial charge on any atom is -0.381 e. The number of hydrogen-bond acceptors (Lipinski definition) is 3. The second-order valence-electron chi connectivity index (χ2n) is 6.16. The van der Waals surface area contributed by atoms with Gasteiger partial charge in [0.15, 0.2) is 0 Å². The third-order valence-corrected chi connectivity index (χ3v) is 4.19. The molecule has 0 spiro atoms. The zero-order valence-corrected chi connectivity index (χ0v) is 12.9. The van der Waals surface area contributed by atoms with Crippen LogP contribution in [0.4, 0.5) is 0 Å². The molecule has 1 aromatic carbocycles. The fourth-order valence-electron chi connectivity index (χ4n) is 3.22. The van der Waals surface area contributed by atoms with Crippen molar-refractivity contribution in [1.29, 1.82) is 0 Å². The van der Waals surface area contributed by atoms with Gasteiger partial charge in [-0.15, -0.1) is 0 Å². The van der Waals surface area contributed by atoms with Crippen LogP contribution in [-0.4, -0.2) is 51.8 Å². The summed E-state index contributed by atoms with van der Waals surface area (Å²) in [7, 11) is 4.27. The number of nitrogens with one attached hydrogen (secondary N) is 1. The van der Waals surface area contributed by atoms with Gasteiger partial charge in [-0.25, -0.2) is 0 Å². The van der Waals surface area contributed by atoms with Crippen LogP contribution in [0.1, 0.15) is 18.4 Å². The topological polar surface area (TPSA) is 24.5 Å². The summed E-state index contributed by atoms with van der Waals surface area (Å²) in [5.74, 6) is 0. The van der Waals surface area contributed by atoms with E-state index in [1.165, 1.54) is 18.4 Å². The maximum atomic E-state index is 5.74. The van der Waals surface area contributed by atoms with Gasteiger partial charge in [0.25, 0.3) is 0 Å². The minimum atomic E-state index is 0.290. The first-order valence-electron chi connectivity index (χ1n) is 7.69. The molecule has 3 nitrogen and oxygen atoms in total. The van der Waals surface area contributed by atoms with Crippen LogP contribution >= 0.6 is 0 Å². The predicted molar refractivity (Wildman–Crippen MR) is 84.1 cm³/mol. The molecule has 0 aliphatic carbocycles. The Morgan fingerprint density at radius 2 is 2.10 bits per heavy atom. The van der Waals surface area contributed by atoms with E-state index in [9.17, 15) is 0 Å². The summed E-state index contributed by atoms with van der Waals surface area (Å²) in [6.07, 6.45) is 3.57. The van der Waals surface area contributed by atoms with Crippen molar-refractivity contribution in [3.05, 3.63) is 35.9 Å². The van der Waals surface area contributed by atoms with Crippen LogP contribution in [0, 0.1) is 5.41 Å². The number of benzene rings is 1. The largest absolute Gasteiger partial charge is 0.381 e. The molecule has 1 atom stereocenters. The second kappa shape index (κ2) is 7.77. The zero-order chi connectivity index (χ0) is 14.3. The van der Waals surface area contributed by atoms with Crippen LogP contribution in [0.25, 0.3) is 0 Å². The molecule has 1 aliphatic heterocycles. The lowest BCUT2D eigenvalue weighted by molar-refractivity contribution is -0.0216. The fraction of sp³-hybridized carbons (Fsp3) is 0.647. The maximum Gasteiger partial charge on any atom is 0.0546 e. The molecule has 1 aromatic rings. The van der Waals surface area contributed by atoms with E-state index in [0.717, 1.165) is 39.3 Å². The molecule has 0 radical (unpaired) electrons. The highest BCUT2D eigenvalue weighted by atomic mass is 16.5. The van der Waals surface area contributed by atoms with E-state index in [4.69, 9.17) is 4.74 Å². The van der Waals surface area contributed by atoms with Gasteiger partial charge in [0, 0.05) is 31.7 Å². The van der Waals surface area contributed by atoms with Crippen molar-refractivity contribution in [2.75, 3.05) is 46.9 Å². The number of hydrogen-bond donors (Lipinski definition) is 1. The molecule has 1 saturated heterocycles. The van der Waals surface area contributed by atoms with Crippen molar-refractivity contribution < 1.29 is 4.74 Å². The Balaban J connectivity index is 1.83. The van der Waals surface area contributed by atoms with Gasteiger partial charge in [0.2, 0.25) is 0 Å². The first-order chi connectivity index (χ1) is 9.74. The zero-order valence-electron chi connectivity index (χ0n) is 12.9. The Hall–Kier alpha value is -0.900. The lowest BCUT2D eigenvalue weighted by Gasteiger charge is -2.40. The molecule has 0 aromatic heterocycles. The normalized spacial score (nSPS) is 23.1. The molecule has 1 unspecified atom stereocenters. The SMILES string of the molecule is CNCC1(CN(C)CCc2ccccc2)CCCOC1. The molecule has 0 bridgehead atoms. The van der Waals surface area contributed by atoms with Crippen molar-refractivity contribution in [2.45, 2.75) is 19.3 Å². The van der Waals surface area contributed by atoms with Crippen molar-refractivity contribution in [3.8, 4) is 0 Å². The Morgan fingerprint density at radius 3 is 2.75 bits per heavy atom. The summed E-state index contributed by atoms with van der Waals surface area (Å²) in [4.78, 5) is 2.46. The summed E-state index contributed by atoms with van der Waals surface area (Å²) in [5, 5.41) is 3.35. The van der Waals surface area contributed by atoms with E-state index in [1.54, 1.807) is 0 Å². The number of likely N-dealkylation sites (N-methyl/N-ethyl adjacent to an activating group) is 1. The van der Waals surface area contributed by atoms with Crippen molar-refractivity contribution in [2.24, 2.45) is 5.41 Å². The summed E-state index contributed by atoms with van der Waals surface area (Å²) in [5.41, 5.74) is 1.71. The van der Waals surface area contributed by atoms with E-state index in [1.807, 2.05) is 7.05 Å². The molecule has 0 saturated carbocycles. The number of ether oxygens (including phenoxy) is 1. The smallest absolute Gasteiger partial charge is 0.0546 e. The summed E-state index contributed by atoms with van der Waals surface area (Å²) in [6, 6.07) is 10.7. The summed E-state index contributed by atoms with van der Waals surface area (Å²) < 4.78 is 5.74. The summed E-state index contributed by atoms with van der Waals surface area (Å²) in [6.45, 7) is 5.08. The quantitative estimate of drug-likeness (QED) is 0.826. The molecule has 2 rings (SSSR count). The maximum absolute atomic E-state index is 5.74. The highest BCUT2D eigenvalue weighted by Gasteiger charge is 2.33. The molecule has 1 N–H and O–H groups in total. The Labute approximate surface area is 123 Å². The highest BCUT2D eigenvalue weighted by Crippen LogP contribution is 2.28. The van der Waals surface area contributed by atoms with Crippen molar-refractivity contribution in [1.82, 2.24) is 10.2 Å². The first-order valence-corrected chi connectivity index (χ1v) is 7.69. The average Bonchev–Trinajstić information content (AvgIpc) is 2.47. The van der Waals surface area contributed by atoms with Crippen LogP contribution in [0.5, 0.6) is 0 Å². The van der Waals surface area contributed by atoms with E-state index in [-0.39, 0.29) is 0 Å². The van der Waals surface area contributed by atoms with Crippen LogP contribution in [0.2, 0.25) is 0 Å². The molecule has 1 heterocycles. The molecule has 1 fully saturated rings. The molecule has 20 heavy (non-hydrogen) atoms. The Kier molecular flexibility index (Phi) is 6.02. The van der Waals surface area contributed by atoms with Gasteiger partial charge in [-0.2, -0.15) is 0 Å². The number of rotatable bonds is 7. The average molecular weight is 276 g/mol. The van der Waals surface area contributed by atoms with Gasteiger partial charge in [0.1, 0.15) is 0 Å². The van der Waals surface area contributed by atoms with Gasteiger partial charge in [-0.05, 0) is 38.9 Å². The second-order valence-corrected chi connectivity index (χ2v) is 6.16. The highest BCUT2D eigenvalue weighted by molar-refractivity contribution is 5.14. The molecule has 0 amide bonds. The van der Waals surface area contributed by atoms with Crippen LogP contribution in [-0.2, 0) is 11.2 Å². The first kappa shape index (κ1) is 15.5. The lowest BCUT2D eigenvalue weighted by atomic mass is 9.82. The molecule has 112 valence electrons. The molecular formula is C17H28N2O. The van der Waals surface area contributed by atoms with Crippen molar-refractivity contribution >= 4 is 0 Å². The molecule has 3 heteroatoms. The van der Waals surface area contributed by atoms with Crippen LogP contribution in [0.3, 0.4) is 0 Å². The van der Waals surface area contributed by atoms with E-state index < -0.39 is 0 Å². The van der Waals surface area contributed by atoms with E-state index in [2.05, 4.69) is 47.6 Å². The van der Waals surface area contributed by atoms with Gasteiger partial charge < -0.3 is 15.0 Å². The Morgan fingerprint density at radius 1 is 1.30 bits per heavy atom. The number of nitrogens with zero attached hydrogens (tertiary/aromatic N) is 1. The summed E-state index contributed by atoms with van der Waals surface area (Å²) >= 11 is 0. The van der Waals surface area contributed by atoms with Gasteiger partial charge in [0.05, 0.1) is 6.61 Å². The monoisotopic (exact) mass is 276 g/mol. The third kappa shape index (κ3) is 4.58. The Bertz CT molecular complexity index is 368.